The standard InChI is InChI=1S/C14H13ClN2O4.ClH/c1-20-13(18)9-10(16)11(17-12(9)14(19)21-2)7-3-5-8(15)6-4-7;/h3-6,17H,16H2,1-2H3;1H. The van der Waals surface area contributed by atoms with Gasteiger partial charge in [0.1, 0.15) is 11.3 Å². The van der Waals surface area contributed by atoms with Gasteiger partial charge in [0.25, 0.3) is 0 Å². The molecule has 8 heteroatoms. The lowest BCUT2D eigenvalue weighted by molar-refractivity contribution is 0.0553. The molecule has 1 heterocycles. The van der Waals surface area contributed by atoms with E-state index in [9.17, 15) is 9.59 Å². The average molecular weight is 345 g/mol. The molecule has 0 atom stereocenters. The molecule has 0 radical (unpaired) electrons. The second-order valence-electron chi connectivity index (χ2n) is 4.15. The van der Waals surface area contributed by atoms with Crippen LogP contribution in [0.1, 0.15) is 20.8 Å². The molecule has 0 saturated carbocycles. The molecule has 22 heavy (non-hydrogen) atoms. The molecular weight excluding hydrogens is 331 g/mol. The summed E-state index contributed by atoms with van der Waals surface area (Å²) in [5.41, 5.74) is 7.09. The second-order valence-corrected chi connectivity index (χ2v) is 4.59. The predicted octanol–water partition coefficient (Wildman–Crippen LogP) is 2.91. The van der Waals surface area contributed by atoms with Gasteiger partial charge in [-0.1, -0.05) is 23.7 Å². The summed E-state index contributed by atoms with van der Waals surface area (Å²) in [6.45, 7) is 0. The van der Waals surface area contributed by atoms with Crippen molar-refractivity contribution in [1.82, 2.24) is 4.98 Å². The molecule has 0 bridgehead atoms. The lowest BCUT2D eigenvalue weighted by Crippen LogP contribution is -2.11. The number of carbonyl (C=O) groups is 2. The molecule has 2 rings (SSSR count). The first-order valence-corrected chi connectivity index (χ1v) is 6.31. The van der Waals surface area contributed by atoms with Crippen molar-refractivity contribution in [3.63, 3.8) is 0 Å². The monoisotopic (exact) mass is 344 g/mol. The number of carbonyl (C=O) groups excluding carboxylic acids is 2. The number of aromatic nitrogens is 1. The average Bonchev–Trinajstić information content (AvgIpc) is 2.84. The van der Waals surface area contributed by atoms with E-state index in [1.807, 2.05) is 0 Å². The fourth-order valence-corrected chi connectivity index (χ4v) is 2.05. The number of aromatic amines is 1. The first kappa shape index (κ1) is 17.9. The summed E-state index contributed by atoms with van der Waals surface area (Å²) in [6.07, 6.45) is 0. The fraction of sp³-hybridized carbons (Fsp3) is 0.143. The van der Waals surface area contributed by atoms with Gasteiger partial charge < -0.3 is 20.2 Å². The number of methoxy groups -OCH3 is 2. The van der Waals surface area contributed by atoms with Crippen molar-refractivity contribution in [2.75, 3.05) is 20.0 Å². The number of rotatable bonds is 3. The van der Waals surface area contributed by atoms with E-state index in [-0.39, 0.29) is 29.4 Å². The Morgan fingerprint density at radius 2 is 1.64 bits per heavy atom. The van der Waals surface area contributed by atoms with Crippen LogP contribution in [0.25, 0.3) is 11.3 Å². The largest absolute Gasteiger partial charge is 0.465 e. The Labute approximate surface area is 138 Å². The van der Waals surface area contributed by atoms with E-state index in [2.05, 4.69) is 14.5 Å². The summed E-state index contributed by atoms with van der Waals surface area (Å²) in [7, 11) is 2.42. The number of halogens is 2. The zero-order valence-electron chi connectivity index (χ0n) is 11.8. The number of hydrogen-bond donors (Lipinski definition) is 2. The summed E-state index contributed by atoms with van der Waals surface area (Å²) < 4.78 is 9.29. The van der Waals surface area contributed by atoms with Crippen LogP contribution in [0.5, 0.6) is 0 Å². The summed E-state index contributed by atoms with van der Waals surface area (Å²) in [6, 6.07) is 6.78. The van der Waals surface area contributed by atoms with Crippen LogP contribution in [0.15, 0.2) is 24.3 Å². The highest BCUT2D eigenvalue weighted by atomic mass is 35.5. The molecule has 0 aliphatic heterocycles. The Morgan fingerprint density at radius 1 is 1.09 bits per heavy atom. The molecule has 118 valence electrons. The lowest BCUT2D eigenvalue weighted by Gasteiger charge is -2.02. The molecule has 0 spiro atoms. The van der Waals surface area contributed by atoms with Crippen molar-refractivity contribution in [3.8, 4) is 11.3 Å². The molecule has 2 aromatic rings. The number of hydrogen-bond acceptors (Lipinski definition) is 5. The molecule has 1 aromatic carbocycles. The molecule has 3 N–H and O–H groups in total. The van der Waals surface area contributed by atoms with Gasteiger partial charge in [0.2, 0.25) is 0 Å². The van der Waals surface area contributed by atoms with Crippen LogP contribution in [0.4, 0.5) is 5.69 Å². The maximum Gasteiger partial charge on any atom is 0.355 e. The van der Waals surface area contributed by atoms with E-state index in [1.54, 1.807) is 24.3 Å². The normalized spacial score (nSPS) is 9.77. The third kappa shape index (κ3) is 3.18. The van der Waals surface area contributed by atoms with Crippen LogP contribution in [-0.2, 0) is 9.47 Å². The highest BCUT2D eigenvalue weighted by Gasteiger charge is 2.27. The van der Waals surface area contributed by atoms with Crippen LogP contribution < -0.4 is 5.73 Å². The van der Waals surface area contributed by atoms with Crippen molar-refractivity contribution in [2.24, 2.45) is 0 Å². The maximum atomic E-state index is 11.8. The fourth-order valence-electron chi connectivity index (χ4n) is 1.93. The maximum absolute atomic E-state index is 11.8. The summed E-state index contributed by atoms with van der Waals surface area (Å²) in [4.78, 5) is 26.4. The minimum Gasteiger partial charge on any atom is -0.465 e. The third-order valence-corrected chi connectivity index (χ3v) is 3.20. The van der Waals surface area contributed by atoms with E-state index >= 15 is 0 Å². The number of H-pyrrole nitrogens is 1. The highest BCUT2D eigenvalue weighted by molar-refractivity contribution is 6.30. The third-order valence-electron chi connectivity index (χ3n) is 2.95. The first-order chi connectivity index (χ1) is 9.99. The van der Waals surface area contributed by atoms with E-state index in [0.717, 1.165) is 0 Å². The van der Waals surface area contributed by atoms with Gasteiger partial charge >= 0.3 is 11.9 Å². The van der Waals surface area contributed by atoms with Gasteiger partial charge in [-0.05, 0) is 12.1 Å². The quantitative estimate of drug-likeness (QED) is 0.834. The van der Waals surface area contributed by atoms with Gasteiger partial charge in [0.15, 0.2) is 0 Å². The smallest absolute Gasteiger partial charge is 0.355 e. The number of nitrogens with two attached hydrogens (primary N) is 1. The van der Waals surface area contributed by atoms with Crippen LogP contribution >= 0.6 is 24.0 Å². The van der Waals surface area contributed by atoms with Crippen LogP contribution in [-0.4, -0.2) is 31.1 Å². The summed E-state index contributed by atoms with van der Waals surface area (Å²) in [5, 5.41) is 0.560. The summed E-state index contributed by atoms with van der Waals surface area (Å²) >= 11 is 5.83. The van der Waals surface area contributed by atoms with E-state index in [4.69, 9.17) is 17.3 Å². The number of esters is 2. The zero-order chi connectivity index (χ0) is 15.6. The Morgan fingerprint density at radius 3 is 2.14 bits per heavy atom. The molecule has 6 nitrogen and oxygen atoms in total. The Bertz CT molecular complexity index is 696. The van der Waals surface area contributed by atoms with Crippen LogP contribution in [0.2, 0.25) is 5.02 Å². The Balaban J connectivity index is 0.00000242. The zero-order valence-corrected chi connectivity index (χ0v) is 13.4. The van der Waals surface area contributed by atoms with Crippen molar-refractivity contribution in [2.45, 2.75) is 0 Å². The highest BCUT2D eigenvalue weighted by Crippen LogP contribution is 2.32. The van der Waals surface area contributed by atoms with E-state index in [1.165, 1.54) is 14.2 Å². The van der Waals surface area contributed by atoms with Crippen LogP contribution in [0, 0.1) is 0 Å². The molecule has 0 aliphatic carbocycles. The number of nitrogens with one attached hydrogen (secondary N) is 1. The molecular formula is C14H14Cl2N2O4. The summed E-state index contributed by atoms with van der Waals surface area (Å²) in [5.74, 6) is -1.42. The van der Waals surface area contributed by atoms with Crippen molar-refractivity contribution >= 4 is 41.6 Å². The van der Waals surface area contributed by atoms with E-state index < -0.39 is 11.9 Å². The lowest BCUT2D eigenvalue weighted by atomic mass is 10.1. The Kier molecular flexibility index (Phi) is 5.84. The van der Waals surface area contributed by atoms with Gasteiger partial charge in [0, 0.05) is 10.6 Å². The van der Waals surface area contributed by atoms with Crippen molar-refractivity contribution in [3.05, 3.63) is 40.5 Å². The molecule has 0 aliphatic rings. The SMILES string of the molecule is COC(=O)c1[nH]c(-c2ccc(Cl)cc2)c(N)c1C(=O)OC.Cl. The molecule has 0 unspecified atom stereocenters. The van der Waals surface area contributed by atoms with E-state index in [0.29, 0.717) is 16.3 Å². The van der Waals surface area contributed by atoms with Crippen molar-refractivity contribution in [1.29, 1.82) is 0 Å². The number of benzene rings is 1. The minimum absolute atomic E-state index is 0. The van der Waals surface area contributed by atoms with Gasteiger partial charge in [-0.25, -0.2) is 9.59 Å². The van der Waals surface area contributed by atoms with Gasteiger partial charge in [-0.3, -0.25) is 0 Å². The molecule has 0 saturated heterocycles. The minimum atomic E-state index is -0.718. The topological polar surface area (TPSA) is 94.4 Å². The van der Waals surface area contributed by atoms with Crippen molar-refractivity contribution < 1.29 is 19.1 Å². The predicted molar refractivity (Wildman–Crippen MR) is 85.6 cm³/mol. The Hall–Kier alpha value is -2.18. The van der Waals surface area contributed by atoms with Crippen LogP contribution in [0.3, 0.4) is 0 Å². The van der Waals surface area contributed by atoms with Gasteiger partial charge in [-0.15, -0.1) is 12.4 Å². The first-order valence-electron chi connectivity index (χ1n) is 5.93. The second kappa shape index (κ2) is 7.20. The van der Waals surface area contributed by atoms with Gasteiger partial charge in [0.05, 0.1) is 25.6 Å². The number of anilines is 1. The molecule has 0 amide bonds. The number of ether oxygens (including phenoxy) is 2. The van der Waals surface area contributed by atoms with Gasteiger partial charge in [-0.2, -0.15) is 0 Å². The molecule has 1 aromatic heterocycles. The number of nitrogen functional groups attached to an aromatic ring is 1. The molecule has 0 fully saturated rings.